The van der Waals surface area contributed by atoms with Gasteiger partial charge in [0.05, 0.1) is 0 Å². The molecule has 4 heteroatoms. The van der Waals surface area contributed by atoms with Gasteiger partial charge in [0.15, 0.2) is 0 Å². The summed E-state index contributed by atoms with van der Waals surface area (Å²) in [4.78, 5) is 0. The van der Waals surface area contributed by atoms with Crippen LogP contribution in [0.15, 0.2) is 0 Å². The molecule has 0 atom stereocenters. The normalized spacial score (nSPS) is 13.1. The highest BCUT2D eigenvalue weighted by molar-refractivity contribution is 7.65. The Morgan fingerprint density at radius 2 is 0.358 bits per heavy atom. The number of hydrogen-bond acceptors (Lipinski definition) is 0. The molecule has 12 rings (SSSR count). The molecule has 0 saturated carbocycles. The van der Waals surface area contributed by atoms with Gasteiger partial charge in [0.25, 0.3) is 0 Å². The van der Waals surface area contributed by atoms with Crippen molar-refractivity contribution in [3.8, 4) is 0 Å². The zero-order chi connectivity index (χ0) is 39.0. The van der Waals surface area contributed by atoms with Crippen LogP contribution in [-0.4, -0.2) is 53.3 Å². The Morgan fingerprint density at radius 3 is 0.491 bits per heavy atom. The van der Waals surface area contributed by atoms with Crippen LogP contribution in [0.1, 0.15) is 119 Å². The van der Waals surface area contributed by atoms with Gasteiger partial charge in [-0.15, -0.1) is 0 Å². The molecular formula is C49H72P4. The monoisotopic (exact) mass is 784 g/mol. The fourth-order valence-corrected chi connectivity index (χ4v) is 16.5. The van der Waals surface area contributed by atoms with Gasteiger partial charge in [-0.1, -0.05) is 39.1 Å². The molecule has 0 nitrogen and oxygen atoms in total. The highest BCUT2D eigenvalue weighted by atomic mass is 31.1. The van der Waals surface area contributed by atoms with E-state index in [4.69, 9.17) is 0 Å². The molecule has 8 aliphatic carbocycles. The van der Waals surface area contributed by atoms with Gasteiger partial charge in [-0.05, 0) is 295 Å². The summed E-state index contributed by atoms with van der Waals surface area (Å²) in [5.74, 6) is 0. The summed E-state index contributed by atoms with van der Waals surface area (Å²) in [5, 5.41) is 6.70. The highest BCUT2D eigenvalue weighted by Crippen LogP contribution is 2.43. The van der Waals surface area contributed by atoms with Crippen LogP contribution < -0.4 is 21.2 Å². The van der Waals surface area contributed by atoms with E-state index in [2.05, 4.69) is 136 Å². The minimum absolute atomic E-state index is 0. The first-order valence-corrected chi connectivity index (χ1v) is 28.2. The molecule has 4 aromatic carbocycles. The van der Waals surface area contributed by atoms with Crippen molar-refractivity contribution < 1.29 is 0 Å². The molecule has 53 heavy (non-hydrogen) atoms. The first-order chi connectivity index (χ1) is 24.1. The Kier molecular flexibility index (Phi) is 13.9. The van der Waals surface area contributed by atoms with Gasteiger partial charge in [0, 0.05) is 0 Å². The van der Waals surface area contributed by atoms with E-state index >= 15 is 0 Å². The SMILES string of the molecule is C.Cc1c(C)c2c(P(C)C)c(C)c1Cc1c(C)c(C)c(c(C)c1P(C)C)C2.Cc1c(C)c2c(P(C)C)c(C)c1Cc1c(C)c(C)c(c(C)c1P(C)C)C2. The fraction of sp³-hybridized carbons (Fsp3) is 0.510. The average Bonchev–Trinajstić information content (AvgIpc) is 3.05. The van der Waals surface area contributed by atoms with Crippen molar-refractivity contribution in [2.75, 3.05) is 53.3 Å². The summed E-state index contributed by atoms with van der Waals surface area (Å²) in [6, 6.07) is 0. The van der Waals surface area contributed by atoms with Crippen molar-refractivity contribution in [2.45, 2.75) is 116 Å². The zero-order valence-electron chi connectivity index (χ0n) is 36.6. The van der Waals surface area contributed by atoms with Crippen molar-refractivity contribution in [2.24, 2.45) is 0 Å². The van der Waals surface area contributed by atoms with Crippen molar-refractivity contribution >= 4 is 52.9 Å². The van der Waals surface area contributed by atoms with Crippen molar-refractivity contribution in [1.82, 2.24) is 0 Å². The summed E-state index contributed by atoms with van der Waals surface area (Å²) < 4.78 is 0. The van der Waals surface area contributed by atoms with Crippen LogP contribution in [-0.2, 0) is 25.7 Å². The third-order valence-corrected chi connectivity index (χ3v) is 19.4. The van der Waals surface area contributed by atoms with E-state index in [1.807, 2.05) is 0 Å². The molecule has 0 fully saturated rings. The number of benzene rings is 4. The Bertz CT molecular complexity index is 1800. The minimum Gasteiger partial charge on any atom is -0.0811 e. The molecule has 0 amide bonds. The largest absolute Gasteiger partial charge is 0.0811 e. The van der Waals surface area contributed by atoms with Gasteiger partial charge >= 0.3 is 0 Å². The third kappa shape index (κ3) is 7.46. The maximum Gasteiger partial charge on any atom is -0.00110 e. The lowest BCUT2D eigenvalue weighted by Gasteiger charge is -2.31. The lowest BCUT2D eigenvalue weighted by atomic mass is 9.80. The van der Waals surface area contributed by atoms with Gasteiger partial charge in [-0.25, -0.2) is 0 Å². The van der Waals surface area contributed by atoms with Crippen molar-refractivity contribution in [3.63, 3.8) is 0 Å². The van der Waals surface area contributed by atoms with Gasteiger partial charge in [-0.2, -0.15) is 0 Å². The van der Waals surface area contributed by atoms with E-state index in [0.29, 0.717) is 0 Å². The number of rotatable bonds is 4. The lowest BCUT2D eigenvalue weighted by Crippen LogP contribution is -2.26. The lowest BCUT2D eigenvalue weighted by molar-refractivity contribution is 1.01. The molecule has 8 aliphatic rings. The molecule has 288 valence electrons. The van der Waals surface area contributed by atoms with Crippen LogP contribution in [0.25, 0.3) is 0 Å². The second kappa shape index (κ2) is 16.6. The van der Waals surface area contributed by atoms with Crippen LogP contribution in [0.2, 0.25) is 0 Å². The summed E-state index contributed by atoms with van der Waals surface area (Å²) in [6.07, 6.45) is 4.44. The summed E-state index contributed by atoms with van der Waals surface area (Å²) in [6.45, 7) is 48.0. The fourth-order valence-electron chi connectivity index (χ4n) is 10.2. The predicted molar refractivity (Wildman–Crippen MR) is 254 cm³/mol. The van der Waals surface area contributed by atoms with Gasteiger partial charge in [0.1, 0.15) is 0 Å². The molecule has 0 aromatic heterocycles. The van der Waals surface area contributed by atoms with Crippen LogP contribution >= 0.6 is 31.7 Å². The maximum absolute atomic E-state index is 2.43. The van der Waals surface area contributed by atoms with Crippen molar-refractivity contribution in [1.29, 1.82) is 0 Å². The summed E-state index contributed by atoms with van der Waals surface area (Å²) in [5.41, 5.74) is 31.6. The molecule has 0 heterocycles. The van der Waals surface area contributed by atoms with Gasteiger partial charge < -0.3 is 0 Å². The van der Waals surface area contributed by atoms with Crippen LogP contribution in [0.4, 0.5) is 0 Å². The second-order valence-corrected chi connectivity index (χ2v) is 26.0. The third-order valence-electron chi connectivity index (χ3n) is 13.4. The Labute approximate surface area is 332 Å². The molecule has 0 spiro atoms. The Morgan fingerprint density at radius 1 is 0.226 bits per heavy atom. The van der Waals surface area contributed by atoms with Gasteiger partial charge in [0.2, 0.25) is 0 Å². The van der Waals surface area contributed by atoms with E-state index < -0.39 is 0 Å². The standard InChI is InChI=1S/2C24H34P2.CH4/c2*1-13-15(3)21-12-20-14(2)16(4)22(24(18(20)6)26(9)10)11-19(13)17(5)23(21)25(7)8;/h2*11-12H2,1-10H3;1H4. The Hall–Kier alpha value is -1.40. The molecule has 4 aromatic rings. The number of hydrogen-bond donors (Lipinski definition) is 0. The molecular weight excluding hydrogens is 712 g/mol. The Balaban J connectivity index is 0.000000232. The first kappa shape index (κ1) is 44.3. The molecule has 0 saturated heterocycles. The second-order valence-electron chi connectivity index (χ2n) is 17.0. The predicted octanol–water partition coefficient (Wildman–Crippen LogP) is 12.2. The summed E-state index contributed by atoms with van der Waals surface area (Å²) >= 11 is 0. The zero-order valence-corrected chi connectivity index (χ0v) is 40.2. The smallest absolute Gasteiger partial charge is 0.00110 e. The van der Waals surface area contributed by atoms with E-state index in [-0.39, 0.29) is 39.1 Å². The van der Waals surface area contributed by atoms with Crippen LogP contribution in [0.3, 0.4) is 0 Å². The van der Waals surface area contributed by atoms with E-state index in [1.165, 1.54) is 22.3 Å². The molecule has 0 unspecified atom stereocenters. The molecule has 0 N–H and O–H groups in total. The van der Waals surface area contributed by atoms with Crippen molar-refractivity contribution in [3.05, 3.63) is 111 Å². The summed E-state index contributed by atoms with van der Waals surface area (Å²) in [7, 11) is -0.413. The van der Waals surface area contributed by atoms with Crippen LogP contribution in [0, 0.1) is 83.1 Å². The van der Waals surface area contributed by atoms with E-state index in [0.717, 1.165) is 25.7 Å². The van der Waals surface area contributed by atoms with E-state index in [9.17, 15) is 0 Å². The maximum atomic E-state index is 2.43. The molecule has 8 bridgehead atoms. The highest BCUT2D eigenvalue weighted by Gasteiger charge is 2.29. The molecule has 0 radical (unpaired) electrons. The topological polar surface area (TPSA) is 0 Å². The molecule has 0 aliphatic heterocycles. The first-order valence-electron chi connectivity index (χ1n) is 19.3. The quantitative estimate of drug-likeness (QED) is 0.156. The van der Waals surface area contributed by atoms with Crippen LogP contribution in [0.5, 0.6) is 0 Å². The average molecular weight is 785 g/mol. The van der Waals surface area contributed by atoms with Gasteiger partial charge in [-0.3, -0.25) is 0 Å². The van der Waals surface area contributed by atoms with E-state index in [1.54, 1.807) is 110 Å². The minimum atomic E-state index is -0.103.